The Morgan fingerprint density at radius 1 is 1.29 bits per heavy atom. The Hall–Kier alpha value is -1.92. The number of ether oxygens (including phenoxy) is 1. The SMILES string of the molecule is COC(=O)c1ccc(Cl)cc1NC(=O)c1ccc(Br)nc1. The molecule has 1 aromatic heterocycles. The van der Waals surface area contributed by atoms with Crippen LogP contribution in [0, 0.1) is 0 Å². The Labute approximate surface area is 134 Å². The molecule has 0 fully saturated rings. The number of hydrogen-bond acceptors (Lipinski definition) is 4. The normalized spacial score (nSPS) is 10.0. The summed E-state index contributed by atoms with van der Waals surface area (Å²) in [6.07, 6.45) is 1.42. The third kappa shape index (κ3) is 3.80. The van der Waals surface area contributed by atoms with E-state index in [0.717, 1.165) is 0 Å². The maximum absolute atomic E-state index is 12.1. The highest BCUT2D eigenvalue weighted by Crippen LogP contribution is 2.22. The van der Waals surface area contributed by atoms with E-state index < -0.39 is 11.9 Å². The Bertz CT molecular complexity index is 689. The van der Waals surface area contributed by atoms with Gasteiger partial charge in [0.2, 0.25) is 0 Å². The van der Waals surface area contributed by atoms with Crippen molar-refractivity contribution in [2.45, 2.75) is 0 Å². The molecule has 0 radical (unpaired) electrons. The zero-order chi connectivity index (χ0) is 15.4. The summed E-state index contributed by atoms with van der Waals surface area (Å²) < 4.78 is 5.29. The van der Waals surface area contributed by atoms with Gasteiger partial charge >= 0.3 is 5.97 Å². The van der Waals surface area contributed by atoms with E-state index in [9.17, 15) is 9.59 Å². The van der Waals surface area contributed by atoms with Crippen molar-refractivity contribution in [3.63, 3.8) is 0 Å². The number of pyridine rings is 1. The molecule has 1 heterocycles. The quantitative estimate of drug-likeness (QED) is 0.664. The van der Waals surface area contributed by atoms with Crippen LogP contribution >= 0.6 is 27.5 Å². The lowest BCUT2D eigenvalue weighted by atomic mass is 10.1. The van der Waals surface area contributed by atoms with E-state index in [1.165, 1.54) is 25.4 Å². The lowest BCUT2D eigenvalue weighted by Crippen LogP contribution is -2.15. The number of carbonyl (C=O) groups is 2. The van der Waals surface area contributed by atoms with Gasteiger partial charge in [0.05, 0.1) is 23.9 Å². The molecule has 108 valence electrons. The molecule has 1 aromatic carbocycles. The van der Waals surface area contributed by atoms with Gasteiger partial charge in [0.1, 0.15) is 4.60 Å². The molecule has 0 unspecified atom stereocenters. The number of nitrogens with one attached hydrogen (secondary N) is 1. The molecular formula is C14H10BrClN2O3. The third-order valence-corrected chi connectivity index (χ3v) is 3.33. The van der Waals surface area contributed by atoms with Crippen LogP contribution in [0.3, 0.4) is 0 Å². The van der Waals surface area contributed by atoms with Crippen molar-refractivity contribution < 1.29 is 14.3 Å². The van der Waals surface area contributed by atoms with Gasteiger partial charge in [-0.15, -0.1) is 0 Å². The van der Waals surface area contributed by atoms with Gasteiger partial charge in [-0.05, 0) is 46.3 Å². The minimum atomic E-state index is -0.559. The number of carbonyl (C=O) groups excluding carboxylic acids is 2. The second kappa shape index (κ2) is 6.69. The van der Waals surface area contributed by atoms with Gasteiger partial charge < -0.3 is 10.1 Å². The first-order chi connectivity index (χ1) is 10.0. The molecule has 0 saturated carbocycles. The number of esters is 1. The van der Waals surface area contributed by atoms with Crippen molar-refractivity contribution in [3.8, 4) is 0 Å². The Kier molecular flexibility index (Phi) is 4.93. The molecular weight excluding hydrogens is 360 g/mol. The Morgan fingerprint density at radius 3 is 2.67 bits per heavy atom. The third-order valence-electron chi connectivity index (χ3n) is 2.62. The van der Waals surface area contributed by atoms with Gasteiger partial charge in [0.15, 0.2) is 0 Å². The zero-order valence-corrected chi connectivity index (χ0v) is 13.2. The van der Waals surface area contributed by atoms with Crippen molar-refractivity contribution >= 4 is 45.1 Å². The lowest BCUT2D eigenvalue weighted by molar-refractivity contribution is 0.0602. The monoisotopic (exact) mass is 368 g/mol. The van der Waals surface area contributed by atoms with Gasteiger partial charge in [0.25, 0.3) is 5.91 Å². The molecule has 21 heavy (non-hydrogen) atoms. The molecule has 2 rings (SSSR count). The summed E-state index contributed by atoms with van der Waals surface area (Å²) >= 11 is 9.08. The van der Waals surface area contributed by atoms with Crippen LogP contribution < -0.4 is 5.32 Å². The predicted octanol–water partition coefficient (Wildman–Crippen LogP) is 3.54. The number of rotatable bonds is 3. The average Bonchev–Trinajstić information content (AvgIpc) is 2.47. The molecule has 2 aromatic rings. The standard InChI is InChI=1S/C14H10BrClN2O3/c1-21-14(20)10-4-3-9(16)6-11(10)18-13(19)8-2-5-12(15)17-7-8/h2-7H,1H3,(H,18,19). The number of halogens is 2. The first kappa shape index (κ1) is 15.5. The minimum absolute atomic E-state index is 0.223. The predicted molar refractivity (Wildman–Crippen MR) is 82.7 cm³/mol. The Balaban J connectivity index is 2.30. The number of methoxy groups -OCH3 is 1. The highest BCUT2D eigenvalue weighted by Gasteiger charge is 2.15. The molecule has 1 N–H and O–H groups in total. The van der Waals surface area contributed by atoms with E-state index in [4.69, 9.17) is 11.6 Å². The van der Waals surface area contributed by atoms with Crippen LogP contribution in [0.1, 0.15) is 20.7 Å². The molecule has 7 heteroatoms. The zero-order valence-electron chi connectivity index (χ0n) is 10.9. The number of benzene rings is 1. The number of nitrogens with zero attached hydrogens (tertiary/aromatic N) is 1. The lowest BCUT2D eigenvalue weighted by Gasteiger charge is -2.10. The summed E-state index contributed by atoms with van der Waals surface area (Å²) in [4.78, 5) is 27.8. The van der Waals surface area contributed by atoms with E-state index in [1.807, 2.05) is 0 Å². The van der Waals surface area contributed by atoms with Gasteiger partial charge in [-0.3, -0.25) is 4.79 Å². The fraction of sp³-hybridized carbons (Fsp3) is 0.0714. The van der Waals surface area contributed by atoms with Gasteiger partial charge in [-0.1, -0.05) is 11.6 Å². The molecule has 1 amide bonds. The summed E-state index contributed by atoms with van der Waals surface area (Å²) in [6, 6.07) is 7.77. The van der Waals surface area contributed by atoms with Crippen LogP contribution in [0.25, 0.3) is 0 Å². The van der Waals surface area contributed by atoms with Gasteiger partial charge in [-0.2, -0.15) is 0 Å². The molecule has 0 aliphatic heterocycles. The van der Waals surface area contributed by atoms with E-state index in [-0.39, 0.29) is 11.3 Å². The first-order valence-corrected chi connectivity index (χ1v) is 6.99. The van der Waals surface area contributed by atoms with Crippen molar-refractivity contribution in [2.24, 2.45) is 0 Å². The van der Waals surface area contributed by atoms with Gasteiger partial charge in [-0.25, -0.2) is 9.78 Å². The first-order valence-electron chi connectivity index (χ1n) is 5.82. The summed E-state index contributed by atoms with van der Waals surface area (Å²) in [5, 5.41) is 3.02. The molecule has 0 atom stereocenters. The van der Waals surface area contributed by atoms with Crippen molar-refractivity contribution in [2.75, 3.05) is 12.4 Å². The second-order valence-electron chi connectivity index (χ2n) is 4.01. The molecule has 0 aliphatic rings. The second-order valence-corrected chi connectivity index (χ2v) is 5.25. The van der Waals surface area contributed by atoms with E-state index in [0.29, 0.717) is 15.2 Å². The summed E-state index contributed by atoms with van der Waals surface area (Å²) in [5.41, 5.74) is 0.858. The fourth-order valence-corrected chi connectivity index (χ4v) is 2.02. The van der Waals surface area contributed by atoms with Crippen LogP contribution in [0.5, 0.6) is 0 Å². The van der Waals surface area contributed by atoms with Crippen LogP contribution in [0.4, 0.5) is 5.69 Å². The molecule has 5 nitrogen and oxygen atoms in total. The van der Waals surface area contributed by atoms with Crippen LogP contribution in [-0.2, 0) is 4.74 Å². The number of amides is 1. The maximum atomic E-state index is 12.1. The Morgan fingerprint density at radius 2 is 2.05 bits per heavy atom. The summed E-state index contributed by atoms with van der Waals surface area (Å²) in [6.45, 7) is 0. The van der Waals surface area contributed by atoms with Crippen molar-refractivity contribution in [3.05, 3.63) is 57.3 Å². The number of anilines is 1. The molecule has 0 spiro atoms. The highest BCUT2D eigenvalue weighted by atomic mass is 79.9. The smallest absolute Gasteiger partial charge is 0.339 e. The minimum Gasteiger partial charge on any atom is -0.465 e. The van der Waals surface area contributed by atoms with Crippen LogP contribution in [0.2, 0.25) is 5.02 Å². The van der Waals surface area contributed by atoms with E-state index >= 15 is 0 Å². The van der Waals surface area contributed by atoms with Crippen molar-refractivity contribution in [1.82, 2.24) is 4.98 Å². The molecule has 0 bridgehead atoms. The maximum Gasteiger partial charge on any atom is 0.339 e. The number of aromatic nitrogens is 1. The summed E-state index contributed by atoms with van der Waals surface area (Å²) in [7, 11) is 1.27. The highest BCUT2D eigenvalue weighted by molar-refractivity contribution is 9.10. The fourth-order valence-electron chi connectivity index (χ4n) is 1.61. The molecule has 0 saturated heterocycles. The number of hydrogen-bond donors (Lipinski definition) is 1. The van der Waals surface area contributed by atoms with Crippen molar-refractivity contribution in [1.29, 1.82) is 0 Å². The van der Waals surface area contributed by atoms with E-state index in [1.54, 1.807) is 18.2 Å². The summed E-state index contributed by atoms with van der Waals surface area (Å²) in [5.74, 6) is -0.960. The largest absolute Gasteiger partial charge is 0.465 e. The van der Waals surface area contributed by atoms with Gasteiger partial charge in [0, 0.05) is 11.2 Å². The topological polar surface area (TPSA) is 68.3 Å². The average molecular weight is 370 g/mol. The van der Waals surface area contributed by atoms with Crippen LogP contribution in [0.15, 0.2) is 41.1 Å². The molecule has 0 aliphatic carbocycles. The van der Waals surface area contributed by atoms with Crippen LogP contribution in [-0.4, -0.2) is 24.0 Å². The van der Waals surface area contributed by atoms with E-state index in [2.05, 4.69) is 31.0 Å².